The van der Waals surface area contributed by atoms with E-state index in [4.69, 9.17) is 9.47 Å². The van der Waals surface area contributed by atoms with Gasteiger partial charge in [0.25, 0.3) is 0 Å². The van der Waals surface area contributed by atoms with Crippen molar-refractivity contribution in [3.8, 4) is 5.75 Å². The summed E-state index contributed by atoms with van der Waals surface area (Å²) in [5, 5.41) is 0. The summed E-state index contributed by atoms with van der Waals surface area (Å²) in [5.41, 5.74) is 2.49. The number of amides is 1. The lowest BCUT2D eigenvalue weighted by atomic mass is 9.92. The molecule has 1 amide bonds. The Labute approximate surface area is 162 Å². The number of methoxy groups -OCH3 is 1. The van der Waals surface area contributed by atoms with Gasteiger partial charge in [0.1, 0.15) is 5.75 Å². The third kappa shape index (κ3) is 5.33. The van der Waals surface area contributed by atoms with Crippen molar-refractivity contribution in [1.82, 2.24) is 4.90 Å². The number of rotatable bonds is 10. The maximum Gasteiger partial charge on any atom is 0.230 e. The molecule has 4 heteroatoms. The van der Waals surface area contributed by atoms with E-state index in [0.717, 1.165) is 43.7 Å². The highest BCUT2D eigenvalue weighted by Gasteiger charge is 2.40. The van der Waals surface area contributed by atoms with Crippen molar-refractivity contribution in [3.63, 3.8) is 0 Å². The normalized spacial score (nSPS) is 17.5. The van der Waals surface area contributed by atoms with Crippen molar-refractivity contribution in [2.24, 2.45) is 5.92 Å². The Bertz CT molecular complexity index is 714. The number of hydrogen-bond acceptors (Lipinski definition) is 3. The van der Waals surface area contributed by atoms with Crippen molar-refractivity contribution < 1.29 is 14.3 Å². The Balaban J connectivity index is 1.33. The molecule has 27 heavy (non-hydrogen) atoms. The fourth-order valence-corrected chi connectivity index (χ4v) is 3.43. The molecule has 1 heterocycles. The molecule has 0 saturated carbocycles. The quantitative estimate of drug-likeness (QED) is 0.469. The maximum absolute atomic E-state index is 12.4. The van der Waals surface area contributed by atoms with Crippen LogP contribution in [0.4, 0.5) is 0 Å². The standard InChI is InChI=1S/C23H29NO3/c1-18(27-15-7-6-10-19-8-4-3-5-9-19)22-17-24(23(22)25)16-20-11-13-21(26-2)14-12-20/h3-5,8-9,11-14,18,22H,6-7,10,15-17H2,1-2H3/t18-,22+/m1/s1. The SMILES string of the molecule is COc1ccc(CN2C[C@@H]([C@@H](C)OCCCCc3ccccc3)C2=O)cc1. The number of benzene rings is 2. The molecule has 2 aromatic rings. The van der Waals surface area contributed by atoms with Gasteiger partial charge in [-0.1, -0.05) is 42.5 Å². The average molecular weight is 367 g/mol. The van der Waals surface area contributed by atoms with Gasteiger partial charge in [0.15, 0.2) is 0 Å². The van der Waals surface area contributed by atoms with Gasteiger partial charge in [0, 0.05) is 19.7 Å². The number of likely N-dealkylation sites (tertiary alicyclic amines) is 1. The molecular formula is C23H29NO3. The molecule has 2 aromatic carbocycles. The maximum atomic E-state index is 12.4. The topological polar surface area (TPSA) is 38.8 Å². The summed E-state index contributed by atoms with van der Waals surface area (Å²) in [6.45, 7) is 4.17. The summed E-state index contributed by atoms with van der Waals surface area (Å²) in [6.07, 6.45) is 3.20. The smallest absolute Gasteiger partial charge is 0.230 e. The second-order valence-electron chi connectivity index (χ2n) is 7.19. The van der Waals surface area contributed by atoms with Crippen LogP contribution in [0.1, 0.15) is 30.9 Å². The highest BCUT2D eigenvalue weighted by atomic mass is 16.5. The molecule has 0 bridgehead atoms. The average Bonchev–Trinajstić information content (AvgIpc) is 2.71. The number of unbranched alkanes of at least 4 members (excludes halogenated alkanes) is 1. The minimum atomic E-state index is -0.0126. The van der Waals surface area contributed by atoms with Gasteiger partial charge in [-0.15, -0.1) is 0 Å². The van der Waals surface area contributed by atoms with Crippen LogP contribution >= 0.6 is 0 Å². The Morgan fingerprint density at radius 3 is 2.44 bits per heavy atom. The molecule has 0 radical (unpaired) electrons. The first kappa shape index (κ1) is 19.4. The number of nitrogens with zero attached hydrogens (tertiary/aromatic N) is 1. The van der Waals surface area contributed by atoms with Gasteiger partial charge in [-0.2, -0.15) is 0 Å². The largest absolute Gasteiger partial charge is 0.497 e. The number of aryl methyl sites for hydroxylation is 1. The van der Waals surface area contributed by atoms with Crippen molar-refractivity contribution in [2.75, 3.05) is 20.3 Å². The fraction of sp³-hybridized carbons (Fsp3) is 0.435. The summed E-state index contributed by atoms with van der Waals surface area (Å²) < 4.78 is 11.1. The number of ether oxygens (including phenoxy) is 2. The predicted molar refractivity (Wildman–Crippen MR) is 107 cm³/mol. The zero-order chi connectivity index (χ0) is 19.1. The van der Waals surface area contributed by atoms with Crippen LogP contribution in [0.25, 0.3) is 0 Å². The van der Waals surface area contributed by atoms with E-state index < -0.39 is 0 Å². The molecule has 0 unspecified atom stereocenters. The third-order valence-electron chi connectivity index (χ3n) is 5.23. The van der Waals surface area contributed by atoms with Gasteiger partial charge < -0.3 is 14.4 Å². The van der Waals surface area contributed by atoms with E-state index in [1.54, 1.807) is 7.11 Å². The molecule has 3 rings (SSSR count). The Morgan fingerprint density at radius 1 is 1.04 bits per heavy atom. The van der Waals surface area contributed by atoms with E-state index in [2.05, 4.69) is 24.3 Å². The van der Waals surface area contributed by atoms with Crippen molar-refractivity contribution >= 4 is 5.91 Å². The summed E-state index contributed by atoms with van der Waals surface area (Å²) >= 11 is 0. The zero-order valence-corrected chi connectivity index (χ0v) is 16.3. The van der Waals surface area contributed by atoms with Crippen LogP contribution in [0, 0.1) is 5.92 Å². The number of β-lactam (4-membered cyclic amide) rings is 1. The molecule has 1 aliphatic rings. The molecule has 0 aromatic heterocycles. The third-order valence-corrected chi connectivity index (χ3v) is 5.23. The van der Waals surface area contributed by atoms with Gasteiger partial charge >= 0.3 is 0 Å². The van der Waals surface area contributed by atoms with E-state index in [-0.39, 0.29) is 17.9 Å². The summed E-state index contributed by atoms with van der Waals surface area (Å²) in [4.78, 5) is 14.3. The first-order valence-corrected chi connectivity index (χ1v) is 9.74. The first-order chi connectivity index (χ1) is 13.2. The fourth-order valence-electron chi connectivity index (χ4n) is 3.43. The molecule has 0 N–H and O–H groups in total. The Kier molecular flexibility index (Phi) is 6.88. The zero-order valence-electron chi connectivity index (χ0n) is 16.3. The minimum absolute atomic E-state index is 0.00243. The van der Waals surface area contributed by atoms with Gasteiger partial charge in [0.2, 0.25) is 5.91 Å². The van der Waals surface area contributed by atoms with Gasteiger partial charge in [-0.3, -0.25) is 4.79 Å². The summed E-state index contributed by atoms with van der Waals surface area (Å²) in [6, 6.07) is 18.4. The van der Waals surface area contributed by atoms with E-state index in [1.165, 1.54) is 5.56 Å². The first-order valence-electron chi connectivity index (χ1n) is 9.74. The number of carbonyl (C=O) groups is 1. The monoisotopic (exact) mass is 367 g/mol. The van der Waals surface area contributed by atoms with Crippen LogP contribution in [0.2, 0.25) is 0 Å². The van der Waals surface area contributed by atoms with E-state index in [0.29, 0.717) is 6.54 Å². The van der Waals surface area contributed by atoms with Gasteiger partial charge in [-0.05, 0) is 49.4 Å². The molecular weight excluding hydrogens is 338 g/mol. The summed E-state index contributed by atoms with van der Waals surface area (Å²) in [5.74, 6) is 1.03. The van der Waals surface area contributed by atoms with Gasteiger partial charge in [-0.25, -0.2) is 0 Å². The van der Waals surface area contributed by atoms with Crippen molar-refractivity contribution in [3.05, 3.63) is 65.7 Å². The molecule has 0 spiro atoms. The van der Waals surface area contributed by atoms with E-state index in [9.17, 15) is 4.79 Å². The lowest BCUT2D eigenvalue weighted by Crippen LogP contribution is -2.56. The highest BCUT2D eigenvalue weighted by Crippen LogP contribution is 2.26. The van der Waals surface area contributed by atoms with Crippen LogP contribution in [-0.2, 0) is 22.5 Å². The molecule has 0 aliphatic carbocycles. The van der Waals surface area contributed by atoms with Crippen LogP contribution in [-0.4, -0.2) is 37.2 Å². The lowest BCUT2D eigenvalue weighted by Gasteiger charge is -2.41. The molecule has 2 atom stereocenters. The van der Waals surface area contributed by atoms with E-state index >= 15 is 0 Å². The van der Waals surface area contributed by atoms with Gasteiger partial charge in [0.05, 0.1) is 19.1 Å². The van der Waals surface area contributed by atoms with Crippen molar-refractivity contribution in [2.45, 2.75) is 38.8 Å². The predicted octanol–water partition coefficient (Wildman–Crippen LogP) is 4.08. The van der Waals surface area contributed by atoms with Crippen LogP contribution in [0.3, 0.4) is 0 Å². The Morgan fingerprint density at radius 2 is 1.78 bits per heavy atom. The van der Waals surface area contributed by atoms with Crippen molar-refractivity contribution in [1.29, 1.82) is 0 Å². The number of carbonyl (C=O) groups excluding carboxylic acids is 1. The molecule has 4 nitrogen and oxygen atoms in total. The van der Waals surface area contributed by atoms with Crippen LogP contribution in [0.15, 0.2) is 54.6 Å². The minimum Gasteiger partial charge on any atom is -0.497 e. The molecule has 1 fully saturated rings. The lowest BCUT2D eigenvalue weighted by molar-refractivity contribution is -0.157. The van der Waals surface area contributed by atoms with E-state index in [1.807, 2.05) is 42.2 Å². The Hall–Kier alpha value is -2.33. The molecule has 1 saturated heterocycles. The summed E-state index contributed by atoms with van der Waals surface area (Å²) in [7, 11) is 1.65. The second-order valence-corrected chi connectivity index (χ2v) is 7.19. The molecule has 144 valence electrons. The number of hydrogen-bond donors (Lipinski definition) is 0. The highest BCUT2D eigenvalue weighted by molar-refractivity contribution is 5.85. The second kappa shape index (κ2) is 9.56. The van der Waals surface area contributed by atoms with Crippen LogP contribution < -0.4 is 4.74 Å². The molecule has 1 aliphatic heterocycles. The van der Waals surface area contributed by atoms with Crippen LogP contribution in [0.5, 0.6) is 5.75 Å².